The van der Waals surface area contributed by atoms with Gasteiger partial charge in [0.15, 0.2) is 5.60 Å². The van der Waals surface area contributed by atoms with E-state index in [1.165, 1.54) is 12.1 Å². The molecule has 1 saturated heterocycles. The molecule has 0 radical (unpaired) electrons. The van der Waals surface area contributed by atoms with Crippen molar-refractivity contribution in [2.24, 2.45) is 0 Å². The molecule has 0 bridgehead atoms. The van der Waals surface area contributed by atoms with Crippen molar-refractivity contribution in [2.45, 2.75) is 57.4 Å². The van der Waals surface area contributed by atoms with Crippen molar-refractivity contribution in [3.8, 4) is 0 Å². The zero-order chi connectivity index (χ0) is 15.7. The van der Waals surface area contributed by atoms with Gasteiger partial charge in [-0.05, 0) is 18.9 Å². The van der Waals surface area contributed by atoms with E-state index in [9.17, 15) is 18.0 Å². The van der Waals surface area contributed by atoms with Gasteiger partial charge in [0.1, 0.15) is 5.78 Å². The van der Waals surface area contributed by atoms with Gasteiger partial charge in [-0.15, -0.1) is 0 Å². The van der Waals surface area contributed by atoms with Crippen molar-refractivity contribution >= 4 is 5.78 Å². The number of aryl methyl sites for hydroxylation is 1. The Labute approximate surface area is 122 Å². The number of carbonyl (C=O) groups is 1. The van der Waals surface area contributed by atoms with E-state index in [0.29, 0.717) is 12.8 Å². The first-order valence-corrected chi connectivity index (χ1v) is 7.12. The van der Waals surface area contributed by atoms with Gasteiger partial charge < -0.3 is 4.74 Å². The molecule has 1 aromatic rings. The molecule has 21 heavy (non-hydrogen) atoms. The Kier molecular flexibility index (Phi) is 4.42. The Morgan fingerprint density at radius 1 is 1.29 bits per heavy atom. The predicted octanol–water partition coefficient (Wildman–Crippen LogP) is 4.30. The van der Waals surface area contributed by atoms with E-state index in [-0.39, 0.29) is 12.0 Å². The molecule has 2 atom stereocenters. The number of carbonyl (C=O) groups excluding carboxylic acids is 1. The molecule has 2 rings (SSSR count). The molecule has 2 nitrogen and oxygen atoms in total. The first-order chi connectivity index (χ1) is 9.78. The summed E-state index contributed by atoms with van der Waals surface area (Å²) in [6, 6.07) is 6.04. The lowest BCUT2D eigenvalue weighted by Gasteiger charge is -2.42. The second kappa shape index (κ2) is 5.79. The fourth-order valence-corrected chi connectivity index (χ4v) is 2.78. The summed E-state index contributed by atoms with van der Waals surface area (Å²) in [5.74, 6) is -0.391. The van der Waals surface area contributed by atoms with Crippen LogP contribution >= 0.6 is 0 Å². The lowest BCUT2D eigenvalue weighted by atomic mass is 9.82. The van der Waals surface area contributed by atoms with Crippen molar-refractivity contribution < 1.29 is 22.7 Å². The summed E-state index contributed by atoms with van der Waals surface area (Å²) < 4.78 is 46.5. The Morgan fingerprint density at radius 3 is 2.43 bits per heavy atom. The maximum absolute atomic E-state index is 13.7. The van der Waals surface area contributed by atoms with Crippen LogP contribution in [0.25, 0.3) is 0 Å². The van der Waals surface area contributed by atoms with Crippen LogP contribution < -0.4 is 0 Å². The summed E-state index contributed by atoms with van der Waals surface area (Å²) in [6.07, 6.45) is -4.73. The number of hydrogen-bond donors (Lipinski definition) is 0. The molecule has 0 N–H and O–H groups in total. The van der Waals surface area contributed by atoms with Gasteiger partial charge >= 0.3 is 6.18 Å². The van der Waals surface area contributed by atoms with Crippen LogP contribution in [0.4, 0.5) is 13.2 Å². The second-order valence-corrected chi connectivity index (χ2v) is 5.64. The van der Waals surface area contributed by atoms with Gasteiger partial charge in [0.05, 0.1) is 6.10 Å². The third kappa shape index (κ3) is 3.12. The van der Waals surface area contributed by atoms with Crippen LogP contribution in [0.1, 0.15) is 43.7 Å². The van der Waals surface area contributed by atoms with Gasteiger partial charge in [-0.2, -0.15) is 13.2 Å². The molecular formula is C16H19F3O2. The second-order valence-electron chi connectivity index (χ2n) is 5.64. The number of benzene rings is 1. The number of alkyl halides is 3. The fourth-order valence-electron chi connectivity index (χ4n) is 2.78. The summed E-state index contributed by atoms with van der Waals surface area (Å²) in [6.45, 7) is 3.67. The highest BCUT2D eigenvalue weighted by Crippen LogP contribution is 2.49. The summed E-state index contributed by atoms with van der Waals surface area (Å²) in [7, 11) is 0. The number of ether oxygens (including phenoxy) is 1. The molecule has 116 valence electrons. The van der Waals surface area contributed by atoms with Crippen LogP contribution in [-0.4, -0.2) is 18.1 Å². The molecule has 1 fully saturated rings. The molecule has 1 aliphatic heterocycles. The number of hydrogen-bond acceptors (Lipinski definition) is 2. The van der Waals surface area contributed by atoms with Crippen LogP contribution in [0, 0.1) is 6.92 Å². The molecule has 5 heteroatoms. The molecule has 0 spiro atoms. The van der Waals surface area contributed by atoms with E-state index in [2.05, 4.69) is 0 Å². The van der Waals surface area contributed by atoms with E-state index in [1.807, 2.05) is 6.92 Å². The highest BCUT2D eigenvalue weighted by molar-refractivity contribution is 5.81. The number of Topliss-reactive ketones (excluding diaryl/α,β-unsaturated/α-hetero) is 1. The minimum atomic E-state index is -4.62. The summed E-state index contributed by atoms with van der Waals surface area (Å²) in [4.78, 5) is 11.9. The highest BCUT2D eigenvalue weighted by Gasteiger charge is 2.60. The third-order valence-electron chi connectivity index (χ3n) is 3.86. The summed E-state index contributed by atoms with van der Waals surface area (Å²) in [5.41, 5.74) is -1.63. The average Bonchev–Trinajstić information content (AvgIpc) is 2.37. The first-order valence-electron chi connectivity index (χ1n) is 7.12. The Bertz CT molecular complexity index is 507. The van der Waals surface area contributed by atoms with Gasteiger partial charge in [0, 0.05) is 12.8 Å². The molecule has 0 unspecified atom stereocenters. The van der Waals surface area contributed by atoms with Crippen molar-refractivity contribution in [3.05, 3.63) is 35.4 Å². The van der Waals surface area contributed by atoms with Crippen LogP contribution in [0.3, 0.4) is 0 Å². The Balaban J connectivity index is 2.46. The van der Waals surface area contributed by atoms with Crippen LogP contribution in [-0.2, 0) is 15.1 Å². The van der Waals surface area contributed by atoms with E-state index in [1.54, 1.807) is 19.1 Å². The zero-order valence-corrected chi connectivity index (χ0v) is 12.2. The van der Waals surface area contributed by atoms with Crippen molar-refractivity contribution in [1.29, 1.82) is 0 Å². The molecule has 0 amide bonds. The molecule has 1 heterocycles. The number of rotatable bonds is 3. The summed E-state index contributed by atoms with van der Waals surface area (Å²) >= 11 is 0. The fraction of sp³-hybridized carbons (Fsp3) is 0.562. The monoisotopic (exact) mass is 300 g/mol. The molecule has 0 saturated carbocycles. The lowest BCUT2D eigenvalue weighted by Crippen LogP contribution is -2.52. The van der Waals surface area contributed by atoms with Crippen molar-refractivity contribution in [1.82, 2.24) is 0 Å². The standard InChI is InChI=1S/C16H19F3O2/c1-3-4-14-9-13(20)10-15(21-14,16(17,18)19)12-7-5-11(2)6-8-12/h5-8,14H,3-4,9-10H2,1-2H3/t14-,15-/m1/s1. The van der Waals surface area contributed by atoms with Gasteiger partial charge in [-0.1, -0.05) is 43.2 Å². The van der Waals surface area contributed by atoms with E-state index in [0.717, 1.165) is 5.56 Å². The molecule has 1 aromatic carbocycles. The maximum Gasteiger partial charge on any atom is 0.422 e. The van der Waals surface area contributed by atoms with E-state index < -0.39 is 30.1 Å². The average molecular weight is 300 g/mol. The minimum Gasteiger partial charge on any atom is -0.357 e. The largest absolute Gasteiger partial charge is 0.422 e. The maximum atomic E-state index is 13.7. The van der Waals surface area contributed by atoms with Crippen LogP contribution in [0.15, 0.2) is 24.3 Å². The van der Waals surface area contributed by atoms with Crippen molar-refractivity contribution in [2.75, 3.05) is 0 Å². The minimum absolute atomic E-state index is 0.00903. The smallest absolute Gasteiger partial charge is 0.357 e. The number of ketones is 1. The Hall–Kier alpha value is -1.36. The number of halogens is 3. The quantitative estimate of drug-likeness (QED) is 0.832. The van der Waals surface area contributed by atoms with Gasteiger partial charge in [-0.3, -0.25) is 4.79 Å². The molecule has 1 aliphatic rings. The first kappa shape index (κ1) is 16.0. The van der Waals surface area contributed by atoms with Crippen LogP contribution in [0.2, 0.25) is 0 Å². The Morgan fingerprint density at radius 2 is 1.90 bits per heavy atom. The van der Waals surface area contributed by atoms with Gasteiger partial charge in [0.25, 0.3) is 0 Å². The molecule has 0 aromatic heterocycles. The van der Waals surface area contributed by atoms with E-state index >= 15 is 0 Å². The normalized spacial score (nSPS) is 26.9. The van der Waals surface area contributed by atoms with Crippen molar-refractivity contribution in [3.63, 3.8) is 0 Å². The SMILES string of the molecule is CCC[C@@H]1CC(=O)C[C@@](c2ccc(C)cc2)(C(F)(F)F)O1. The topological polar surface area (TPSA) is 26.3 Å². The highest BCUT2D eigenvalue weighted by atomic mass is 19.4. The van der Waals surface area contributed by atoms with E-state index in [4.69, 9.17) is 4.74 Å². The predicted molar refractivity (Wildman–Crippen MR) is 72.9 cm³/mol. The third-order valence-corrected chi connectivity index (χ3v) is 3.86. The van der Waals surface area contributed by atoms with Crippen LogP contribution in [0.5, 0.6) is 0 Å². The zero-order valence-electron chi connectivity index (χ0n) is 12.2. The van der Waals surface area contributed by atoms with Gasteiger partial charge in [-0.25, -0.2) is 0 Å². The summed E-state index contributed by atoms with van der Waals surface area (Å²) in [5, 5.41) is 0. The molecular weight excluding hydrogens is 281 g/mol. The van der Waals surface area contributed by atoms with Gasteiger partial charge in [0.2, 0.25) is 0 Å². The lowest BCUT2D eigenvalue weighted by molar-refractivity contribution is -0.306. The molecule has 0 aliphatic carbocycles.